The van der Waals surface area contributed by atoms with Crippen LogP contribution in [0.3, 0.4) is 0 Å². The first-order valence-electron chi connectivity index (χ1n) is 30.2. The second-order valence-electron chi connectivity index (χ2n) is 20.8. The highest BCUT2D eigenvalue weighted by Gasteiger charge is 2.24. The first-order chi connectivity index (χ1) is 33.5. The molecule has 0 spiro atoms. The average molecular weight is 957 g/mol. The minimum absolute atomic E-state index is 0.0730. The van der Waals surface area contributed by atoms with Crippen LogP contribution < -0.4 is 5.32 Å². The van der Waals surface area contributed by atoms with Crippen molar-refractivity contribution in [3.05, 3.63) is 36.5 Å². The number of hydrogen-bond acceptors (Lipinski definition) is 5. The van der Waals surface area contributed by atoms with E-state index in [-0.39, 0.29) is 24.9 Å². The molecule has 0 heterocycles. The molecule has 0 aliphatic heterocycles. The Morgan fingerprint density at radius 3 is 1.16 bits per heavy atom. The van der Waals surface area contributed by atoms with E-state index in [0.717, 1.165) is 57.8 Å². The molecule has 0 rings (SSSR count). The molecule has 3 N–H and O–H groups in total. The van der Waals surface area contributed by atoms with Crippen LogP contribution >= 0.6 is 0 Å². The summed E-state index contributed by atoms with van der Waals surface area (Å²) in [5.41, 5.74) is 0. The first kappa shape index (κ1) is 66.1. The number of unbranched alkanes of at least 4 members (excludes halogenated alkanes) is 38. The first-order valence-corrected chi connectivity index (χ1v) is 30.2. The monoisotopic (exact) mass is 956 g/mol. The quantitative estimate of drug-likeness (QED) is 0.0244. The van der Waals surface area contributed by atoms with E-state index in [9.17, 15) is 19.8 Å². The van der Waals surface area contributed by atoms with E-state index in [1.54, 1.807) is 0 Å². The van der Waals surface area contributed by atoms with Gasteiger partial charge in [-0.2, -0.15) is 0 Å². The molecule has 68 heavy (non-hydrogen) atoms. The number of ether oxygens (including phenoxy) is 1. The molecule has 0 aromatic carbocycles. The van der Waals surface area contributed by atoms with Crippen LogP contribution in [0.2, 0.25) is 0 Å². The number of carbonyl (C=O) groups excluding carboxylic acids is 2. The van der Waals surface area contributed by atoms with Gasteiger partial charge < -0.3 is 20.3 Å². The number of amides is 1. The molecule has 6 nitrogen and oxygen atoms in total. The number of nitrogens with one attached hydrogen (secondary N) is 1. The molecule has 0 aromatic heterocycles. The maximum absolute atomic E-state index is 13.3. The van der Waals surface area contributed by atoms with Crippen molar-refractivity contribution in [2.45, 2.75) is 341 Å². The number of hydrogen-bond donors (Lipinski definition) is 3. The molecule has 0 fully saturated rings. The van der Waals surface area contributed by atoms with E-state index >= 15 is 0 Å². The van der Waals surface area contributed by atoms with E-state index in [4.69, 9.17) is 4.74 Å². The Bertz CT molecular complexity index is 1120. The van der Waals surface area contributed by atoms with Gasteiger partial charge >= 0.3 is 5.97 Å². The number of allylic oxidation sites excluding steroid dienone is 6. The van der Waals surface area contributed by atoms with Gasteiger partial charge in [0.25, 0.3) is 0 Å². The lowest BCUT2D eigenvalue weighted by molar-refractivity contribution is -0.151. The van der Waals surface area contributed by atoms with Gasteiger partial charge in [0.2, 0.25) is 5.91 Å². The van der Waals surface area contributed by atoms with Crippen LogP contribution in [0, 0.1) is 0 Å². The van der Waals surface area contributed by atoms with Gasteiger partial charge in [-0.3, -0.25) is 9.59 Å². The molecule has 0 saturated heterocycles. The van der Waals surface area contributed by atoms with E-state index < -0.39 is 18.2 Å². The summed E-state index contributed by atoms with van der Waals surface area (Å²) in [7, 11) is 0. The Kier molecular flexibility index (Phi) is 54.4. The van der Waals surface area contributed by atoms with E-state index in [1.165, 1.54) is 218 Å². The smallest absolute Gasteiger partial charge is 0.306 e. The van der Waals surface area contributed by atoms with Gasteiger partial charge in [-0.25, -0.2) is 0 Å². The van der Waals surface area contributed by atoms with Crippen molar-refractivity contribution in [1.29, 1.82) is 0 Å². The number of esters is 1. The van der Waals surface area contributed by atoms with Gasteiger partial charge in [0.1, 0.15) is 6.10 Å². The topological polar surface area (TPSA) is 95.9 Å². The van der Waals surface area contributed by atoms with E-state index in [1.807, 2.05) is 0 Å². The third kappa shape index (κ3) is 50.5. The number of aliphatic hydroxyl groups is 2. The predicted octanol–water partition coefficient (Wildman–Crippen LogP) is 18.8. The lowest BCUT2D eigenvalue weighted by Crippen LogP contribution is -2.46. The minimum Gasteiger partial charge on any atom is -0.462 e. The maximum Gasteiger partial charge on any atom is 0.306 e. The Balaban J connectivity index is 4.54. The zero-order valence-electron chi connectivity index (χ0n) is 45.8. The number of carbonyl (C=O) groups is 2. The average Bonchev–Trinajstić information content (AvgIpc) is 3.33. The van der Waals surface area contributed by atoms with Crippen molar-refractivity contribution in [2.75, 3.05) is 6.61 Å². The van der Waals surface area contributed by atoms with E-state index in [2.05, 4.69) is 62.5 Å². The molecule has 0 aliphatic rings. The van der Waals surface area contributed by atoms with Crippen molar-refractivity contribution in [1.82, 2.24) is 5.32 Å². The highest BCUT2D eigenvalue weighted by Crippen LogP contribution is 2.19. The van der Waals surface area contributed by atoms with Crippen LogP contribution in [0.4, 0.5) is 0 Å². The third-order valence-corrected chi connectivity index (χ3v) is 14.0. The fourth-order valence-corrected chi connectivity index (χ4v) is 9.36. The van der Waals surface area contributed by atoms with Crippen LogP contribution in [0.15, 0.2) is 36.5 Å². The Labute approximate surface area is 424 Å². The zero-order chi connectivity index (χ0) is 49.5. The highest BCUT2D eigenvalue weighted by molar-refractivity contribution is 5.77. The number of aliphatic hydroxyl groups excluding tert-OH is 2. The van der Waals surface area contributed by atoms with Crippen molar-refractivity contribution in [2.24, 2.45) is 0 Å². The molecule has 400 valence electrons. The standard InChI is InChI=1S/C62H117NO5/c1-4-7-10-13-16-19-22-25-28-30-33-35-38-41-44-47-50-53-58(68-62(67)55-52-49-46-43-40-37-32-27-24-21-18-15-12-9-6-3)56-61(66)63-59(57-64)60(65)54-51-48-45-42-39-36-34-31-29-26-23-20-17-14-11-8-5-2/h18,21,24-25,27-28,58-60,64-65H,4-17,19-20,22-23,26,29-57H2,1-3H3,(H,63,66)/b21-18+,27-24+,28-25+. The summed E-state index contributed by atoms with van der Waals surface area (Å²) in [6.45, 7) is 6.49. The van der Waals surface area contributed by atoms with Gasteiger partial charge in [0.05, 0.1) is 25.2 Å². The molecule has 0 aromatic rings. The second kappa shape index (κ2) is 56.0. The maximum atomic E-state index is 13.3. The van der Waals surface area contributed by atoms with Crippen LogP contribution in [0.1, 0.15) is 323 Å². The normalized spacial score (nSPS) is 13.3. The molecule has 0 aliphatic carbocycles. The van der Waals surface area contributed by atoms with Crippen LogP contribution in [0.25, 0.3) is 0 Å². The van der Waals surface area contributed by atoms with Crippen molar-refractivity contribution >= 4 is 11.9 Å². The van der Waals surface area contributed by atoms with Crippen molar-refractivity contribution in [3.63, 3.8) is 0 Å². The lowest BCUT2D eigenvalue weighted by atomic mass is 10.0. The number of rotatable bonds is 55. The van der Waals surface area contributed by atoms with Gasteiger partial charge in [-0.05, 0) is 77.0 Å². The largest absolute Gasteiger partial charge is 0.462 e. The molecule has 0 bridgehead atoms. The minimum atomic E-state index is -0.791. The van der Waals surface area contributed by atoms with Gasteiger partial charge in [0.15, 0.2) is 0 Å². The van der Waals surface area contributed by atoms with Crippen molar-refractivity contribution < 1.29 is 24.5 Å². The van der Waals surface area contributed by atoms with Gasteiger partial charge in [-0.15, -0.1) is 0 Å². The highest BCUT2D eigenvalue weighted by atomic mass is 16.5. The lowest BCUT2D eigenvalue weighted by Gasteiger charge is -2.24. The molecule has 0 saturated carbocycles. The Morgan fingerprint density at radius 2 is 0.750 bits per heavy atom. The summed E-state index contributed by atoms with van der Waals surface area (Å²) in [4.78, 5) is 26.3. The molecule has 0 radical (unpaired) electrons. The third-order valence-electron chi connectivity index (χ3n) is 14.0. The summed E-state index contributed by atoms with van der Waals surface area (Å²) in [5, 5.41) is 23.9. The molecule has 3 atom stereocenters. The predicted molar refractivity (Wildman–Crippen MR) is 296 cm³/mol. The van der Waals surface area contributed by atoms with Gasteiger partial charge in [-0.1, -0.05) is 269 Å². The molecular weight excluding hydrogens is 839 g/mol. The Hall–Kier alpha value is -1.92. The molecule has 1 amide bonds. The summed E-state index contributed by atoms with van der Waals surface area (Å²) in [6.07, 6.45) is 67.8. The fourth-order valence-electron chi connectivity index (χ4n) is 9.36. The van der Waals surface area contributed by atoms with E-state index in [0.29, 0.717) is 19.3 Å². The van der Waals surface area contributed by atoms with Gasteiger partial charge in [0, 0.05) is 6.42 Å². The summed E-state index contributed by atoms with van der Waals surface area (Å²) in [6, 6.07) is -0.705. The summed E-state index contributed by atoms with van der Waals surface area (Å²) >= 11 is 0. The van der Waals surface area contributed by atoms with Crippen LogP contribution in [-0.2, 0) is 14.3 Å². The second-order valence-corrected chi connectivity index (χ2v) is 20.8. The molecule has 6 heteroatoms. The van der Waals surface area contributed by atoms with Crippen LogP contribution in [-0.4, -0.2) is 46.9 Å². The SMILES string of the molecule is CCCCC/C=C/C=C/CCCCCCCCC(=O)OC(CCCCCCCCC/C=C/CCCCCCCC)CC(=O)NC(CO)C(O)CCCCCCCCCCCCCCCCCCC. The molecule has 3 unspecified atom stereocenters. The van der Waals surface area contributed by atoms with Crippen LogP contribution in [0.5, 0.6) is 0 Å². The summed E-state index contributed by atoms with van der Waals surface area (Å²) < 4.78 is 5.97. The molecular formula is C62H117NO5. The Morgan fingerprint density at radius 1 is 0.426 bits per heavy atom. The summed E-state index contributed by atoms with van der Waals surface area (Å²) in [5.74, 6) is -0.476. The van der Waals surface area contributed by atoms with Crippen molar-refractivity contribution in [3.8, 4) is 0 Å². The zero-order valence-corrected chi connectivity index (χ0v) is 45.8. The fraction of sp³-hybridized carbons (Fsp3) is 0.871.